The van der Waals surface area contributed by atoms with Gasteiger partial charge in [-0.05, 0) is 99.1 Å². The van der Waals surface area contributed by atoms with Crippen LogP contribution in [0.1, 0.15) is 27.8 Å². The van der Waals surface area contributed by atoms with Crippen LogP contribution in [-0.2, 0) is 5.41 Å². The molecule has 0 amide bonds. The summed E-state index contributed by atoms with van der Waals surface area (Å²) in [4.78, 5) is 10.2. The molecule has 2 aliphatic rings. The van der Waals surface area contributed by atoms with Gasteiger partial charge in [0.05, 0.1) is 39.5 Å². The van der Waals surface area contributed by atoms with E-state index in [1.54, 1.807) is 0 Å². The Morgan fingerprint density at radius 2 is 1.05 bits per heavy atom. The van der Waals surface area contributed by atoms with Gasteiger partial charge in [0.15, 0.2) is 5.82 Å². The lowest BCUT2D eigenvalue weighted by atomic mass is 9.70. The summed E-state index contributed by atoms with van der Waals surface area (Å²) in [5.74, 6) is 0.612. The quantitative estimate of drug-likeness (QED) is 0.181. The third kappa shape index (κ3) is 4.44. The molecule has 0 aliphatic heterocycles. The fourth-order valence-electron chi connectivity index (χ4n) is 9.90. The summed E-state index contributed by atoms with van der Waals surface area (Å²) in [5, 5.41) is 11.9. The van der Waals surface area contributed by atoms with E-state index in [0.29, 0.717) is 11.4 Å². The van der Waals surface area contributed by atoms with Crippen molar-refractivity contribution in [1.29, 1.82) is 5.26 Å². The van der Waals surface area contributed by atoms with Crippen molar-refractivity contribution in [3.8, 4) is 67.9 Å². The van der Waals surface area contributed by atoms with Gasteiger partial charge in [-0.1, -0.05) is 140 Å². The number of rotatable bonds is 4. The SMILES string of the molecule is N#Cc1ccc(-c2nc(-c3ccccc3)cc(-c3cccc(-n4c5ccccc5c5c6c(ccc54)C4(c5ccccc5-c5ccccc54)c4ccccc4-6)c3)n2)cc1. The van der Waals surface area contributed by atoms with Crippen LogP contribution in [0.25, 0.3) is 83.6 Å². The van der Waals surface area contributed by atoms with Crippen LogP contribution in [0, 0.1) is 11.3 Å². The number of aromatic nitrogens is 3. The van der Waals surface area contributed by atoms with Gasteiger partial charge in [-0.15, -0.1) is 0 Å². The molecule has 0 unspecified atom stereocenters. The van der Waals surface area contributed by atoms with E-state index in [1.807, 2.05) is 42.5 Å². The van der Waals surface area contributed by atoms with E-state index < -0.39 is 5.41 Å². The van der Waals surface area contributed by atoms with Gasteiger partial charge in [-0.2, -0.15) is 5.26 Å². The Morgan fingerprint density at radius 3 is 1.78 bits per heavy atom. The summed E-state index contributed by atoms with van der Waals surface area (Å²) >= 11 is 0. The predicted molar refractivity (Wildman–Crippen MR) is 234 cm³/mol. The molecule has 4 heteroatoms. The monoisotopic (exact) mass is 736 g/mol. The second-order valence-electron chi connectivity index (χ2n) is 15.2. The van der Waals surface area contributed by atoms with E-state index in [9.17, 15) is 5.26 Å². The van der Waals surface area contributed by atoms with E-state index >= 15 is 0 Å². The predicted octanol–water partition coefficient (Wildman–Crippen LogP) is 12.8. The van der Waals surface area contributed by atoms with Gasteiger partial charge < -0.3 is 4.57 Å². The van der Waals surface area contributed by atoms with Crippen LogP contribution in [0.15, 0.2) is 194 Å². The molecule has 2 aliphatic carbocycles. The molecule has 0 fully saturated rings. The van der Waals surface area contributed by atoms with Crippen LogP contribution in [0.4, 0.5) is 0 Å². The molecule has 0 bridgehead atoms. The maximum absolute atomic E-state index is 9.45. The van der Waals surface area contributed by atoms with Crippen molar-refractivity contribution in [3.05, 3.63) is 222 Å². The van der Waals surface area contributed by atoms with Crippen molar-refractivity contribution in [3.63, 3.8) is 0 Å². The number of hydrogen-bond acceptors (Lipinski definition) is 3. The highest BCUT2D eigenvalue weighted by molar-refractivity contribution is 6.19. The van der Waals surface area contributed by atoms with Crippen molar-refractivity contribution >= 4 is 21.8 Å². The lowest BCUT2D eigenvalue weighted by molar-refractivity contribution is 0.794. The zero-order chi connectivity index (χ0) is 38.4. The molecule has 58 heavy (non-hydrogen) atoms. The van der Waals surface area contributed by atoms with Crippen LogP contribution in [0.3, 0.4) is 0 Å². The van der Waals surface area contributed by atoms with Gasteiger partial charge in [0.2, 0.25) is 0 Å². The minimum absolute atomic E-state index is 0.410. The Balaban J connectivity index is 1.09. The molecule has 4 nitrogen and oxygen atoms in total. The highest BCUT2D eigenvalue weighted by Crippen LogP contribution is 2.64. The van der Waals surface area contributed by atoms with E-state index in [4.69, 9.17) is 9.97 Å². The molecule has 268 valence electrons. The molecule has 12 rings (SSSR count). The first-order valence-corrected chi connectivity index (χ1v) is 19.6. The van der Waals surface area contributed by atoms with Gasteiger partial charge in [0.1, 0.15) is 0 Å². The number of para-hydroxylation sites is 1. The molecule has 1 spiro atoms. The lowest BCUT2D eigenvalue weighted by Gasteiger charge is -2.30. The number of benzene rings is 8. The van der Waals surface area contributed by atoms with Gasteiger partial charge in [-0.3, -0.25) is 0 Å². The minimum atomic E-state index is -0.410. The van der Waals surface area contributed by atoms with Crippen molar-refractivity contribution in [2.45, 2.75) is 5.41 Å². The maximum atomic E-state index is 9.45. The second kappa shape index (κ2) is 12.3. The van der Waals surface area contributed by atoms with Crippen molar-refractivity contribution in [1.82, 2.24) is 14.5 Å². The molecule has 0 saturated heterocycles. The summed E-state index contributed by atoms with van der Waals surface area (Å²) < 4.78 is 2.42. The average Bonchev–Trinajstić information content (AvgIpc) is 3.91. The van der Waals surface area contributed by atoms with E-state index in [-0.39, 0.29) is 0 Å². The lowest BCUT2D eigenvalue weighted by Crippen LogP contribution is -2.25. The van der Waals surface area contributed by atoms with Gasteiger partial charge in [-0.25, -0.2) is 9.97 Å². The van der Waals surface area contributed by atoms with E-state index in [1.165, 1.54) is 55.3 Å². The van der Waals surface area contributed by atoms with Gasteiger partial charge in [0, 0.05) is 33.2 Å². The third-order valence-corrected chi connectivity index (χ3v) is 12.3. The second-order valence-corrected chi connectivity index (χ2v) is 15.2. The molecule has 0 radical (unpaired) electrons. The zero-order valence-corrected chi connectivity index (χ0v) is 31.3. The number of nitrogens with zero attached hydrogens (tertiary/aromatic N) is 4. The average molecular weight is 737 g/mol. The molecule has 0 atom stereocenters. The first-order chi connectivity index (χ1) is 28.7. The molecule has 0 N–H and O–H groups in total. The summed E-state index contributed by atoms with van der Waals surface area (Å²) in [6, 6.07) is 71.3. The number of nitriles is 1. The van der Waals surface area contributed by atoms with Crippen molar-refractivity contribution < 1.29 is 0 Å². The minimum Gasteiger partial charge on any atom is -0.309 e. The normalized spacial score (nSPS) is 12.9. The molecule has 0 saturated carbocycles. The van der Waals surface area contributed by atoms with E-state index in [2.05, 4.69) is 162 Å². The van der Waals surface area contributed by atoms with Crippen LogP contribution >= 0.6 is 0 Å². The highest BCUT2D eigenvalue weighted by Gasteiger charge is 2.52. The summed E-state index contributed by atoms with van der Waals surface area (Å²) in [6.45, 7) is 0. The van der Waals surface area contributed by atoms with Crippen molar-refractivity contribution in [2.75, 3.05) is 0 Å². The molecule has 8 aromatic carbocycles. The van der Waals surface area contributed by atoms with Gasteiger partial charge >= 0.3 is 0 Å². The van der Waals surface area contributed by atoms with Gasteiger partial charge in [0.25, 0.3) is 0 Å². The Kier molecular flexibility index (Phi) is 6.88. The Morgan fingerprint density at radius 1 is 0.448 bits per heavy atom. The Labute approximate surface area is 335 Å². The summed E-state index contributed by atoms with van der Waals surface area (Å²) in [6.07, 6.45) is 0. The van der Waals surface area contributed by atoms with Crippen molar-refractivity contribution in [2.24, 2.45) is 0 Å². The Hall–Kier alpha value is -7.87. The van der Waals surface area contributed by atoms with Crippen LogP contribution in [-0.4, -0.2) is 14.5 Å². The van der Waals surface area contributed by atoms with Crippen LogP contribution in [0.5, 0.6) is 0 Å². The highest BCUT2D eigenvalue weighted by atomic mass is 15.0. The standard InChI is InChI=1S/C54H32N4/c55-33-34-25-27-36(28-26-34)53-56-47(35-13-2-1-3-14-35)32-48(57-53)37-15-12-16-38(31-37)58-49-24-11-7-20-42(49)52-50(58)30-29-46-51(52)41-19-6-10-23-45(41)54(46)43-21-8-4-17-39(43)40-18-5-9-22-44(40)54/h1-32H. The smallest absolute Gasteiger partial charge is 0.160 e. The largest absolute Gasteiger partial charge is 0.309 e. The number of hydrogen-bond donors (Lipinski definition) is 0. The fourth-order valence-corrected chi connectivity index (χ4v) is 9.90. The molecular formula is C54H32N4. The molecule has 10 aromatic rings. The van der Waals surface area contributed by atoms with Crippen LogP contribution in [0.2, 0.25) is 0 Å². The molecular weight excluding hydrogens is 705 g/mol. The molecule has 2 heterocycles. The maximum Gasteiger partial charge on any atom is 0.160 e. The summed E-state index contributed by atoms with van der Waals surface area (Å²) in [5.41, 5.74) is 18.7. The first kappa shape index (κ1) is 32.4. The summed E-state index contributed by atoms with van der Waals surface area (Å²) in [7, 11) is 0. The zero-order valence-electron chi connectivity index (χ0n) is 31.3. The first-order valence-electron chi connectivity index (χ1n) is 19.6. The topological polar surface area (TPSA) is 54.5 Å². The number of fused-ring (bicyclic) bond motifs is 14. The van der Waals surface area contributed by atoms with Crippen LogP contribution < -0.4 is 0 Å². The van der Waals surface area contributed by atoms with E-state index in [0.717, 1.165) is 44.8 Å². The molecule has 2 aromatic heterocycles. The fraction of sp³-hybridized carbons (Fsp3) is 0.0185. The Bertz CT molecular complexity index is 3300. The third-order valence-electron chi connectivity index (χ3n) is 12.3.